The molecule has 26 heavy (non-hydrogen) atoms. The lowest BCUT2D eigenvalue weighted by atomic mass is 9.86. The molecule has 5 heteroatoms. The SMILES string of the molecule is CC(C)(C)c1ccc2oc(=O)cc(CSc3nc4ccccc4o3)c2c1. The molecule has 4 nitrogen and oxygen atoms in total. The van der Waals surface area contributed by atoms with Crippen molar-refractivity contribution in [3.05, 3.63) is 70.1 Å². The normalized spacial score (nSPS) is 12.1. The smallest absolute Gasteiger partial charge is 0.336 e. The highest BCUT2D eigenvalue weighted by molar-refractivity contribution is 7.98. The second-order valence-corrected chi connectivity index (χ2v) is 8.21. The van der Waals surface area contributed by atoms with Crippen molar-refractivity contribution in [3.8, 4) is 0 Å². The zero-order chi connectivity index (χ0) is 18.3. The maximum absolute atomic E-state index is 11.9. The van der Waals surface area contributed by atoms with Crippen LogP contribution in [-0.2, 0) is 11.2 Å². The number of fused-ring (bicyclic) bond motifs is 2. The van der Waals surface area contributed by atoms with Crippen molar-refractivity contribution in [1.29, 1.82) is 0 Å². The molecule has 2 heterocycles. The summed E-state index contributed by atoms with van der Waals surface area (Å²) in [4.78, 5) is 16.4. The van der Waals surface area contributed by atoms with E-state index < -0.39 is 0 Å². The minimum absolute atomic E-state index is 0.0228. The molecule has 4 aromatic rings. The van der Waals surface area contributed by atoms with Gasteiger partial charge in [0.25, 0.3) is 5.22 Å². The third kappa shape index (κ3) is 3.27. The molecule has 0 aliphatic carbocycles. The molecule has 0 saturated carbocycles. The summed E-state index contributed by atoms with van der Waals surface area (Å²) >= 11 is 1.48. The molecular weight excluding hydrogens is 346 g/mol. The molecule has 0 radical (unpaired) electrons. The summed E-state index contributed by atoms with van der Waals surface area (Å²) in [6, 6.07) is 15.2. The lowest BCUT2D eigenvalue weighted by Gasteiger charge is -2.19. The molecular formula is C21H19NO3S. The number of nitrogens with zero attached hydrogens (tertiary/aromatic N) is 1. The second kappa shape index (κ2) is 6.32. The number of thioether (sulfide) groups is 1. The Labute approximate surface area is 155 Å². The first kappa shape index (κ1) is 16.9. The maximum atomic E-state index is 11.9. The van der Waals surface area contributed by atoms with Gasteiger partial charge in [0.05, 0.1) is 0 Å². The van der Waals surface area contributed by atoms with Crippen LogP contribution in [-0.4, -0.2) is 4.98 Å². The second-order valence-electron chi connectivity index (χ2n) is 7.29. The summed E-state index contributed by atoms with van der Waals surface area (Å²) < 4.78 is 11.1. The van der Waals surface area contributed by atoms with E-state index >= 15 is 0 Å². The van der Waals surface area contributed by atoms with Crippen molar-refractivity contribution in [2.75, 3.05) is 0 Å². The fourth-order valence-electron chi connectivity index (χ4n) is 2.87. The number of para-hydroxylation sites is 2. The highest BCUT2D eigenvalue weighted by Crippen LogP contribution is 2.31. The minimum Gasteiger partial charge on any atom is -0.431 e. The topological polar surface area (TPSA) is 56.2 Å². The van der Waals surface area contributed by atoms with E-state index in [2.05, 4.69) is 31.8 Å². The molecule has 0 bridgehead atoms. The summed E-state index contributed by atoms with van der Waals surface area (Å²) in [5.41, 5.74) is 4.02. The van der Waals surface area contributed by atoms with Crippen molar-refractivity contribution in [2.24, 2.45) is 0 Å². The van der Waals surface area contributed by atoms with Crippen molar-refractivity contribution < 1.29 is 8.83 Å². The molecule has 132 valence electrons. The summed E-state index contributed by atoms with van der Waals surface area (Å²) in [5.74, 6) is 0.586. The highest BCUT2D eigenvalue weighted by atomic mass is 32.2. The molecule has 0 fully saturated rings. The molecule has 0 atom stereocenters. The van der Waals surface area contributed by atoms with E-state index in [0.29, 0.717) is 16.6 Å². The zero-order valence-corrected chi connectivity index (χ0v) is 15.7. The first-order chi connectivity index (χ1) is 12.4. The first-order valence-electron chi connectivity index (χ1n) is 8.46. The Bertz CT molecular complexity index is 1120. The molecule has 4 rings (SSSR count). The molecule has 2 aromatic carbocycles. The van der Waals surface area contributed by atoms with Crippen molar-refractivity contribution in [2.45, 2.75) is 37.2 Å². The molecule has 0 N–H and O–H groups in total. The molecule has 0 aliphatic rings. The van der Waals surface area contributed by atoms with Gasteiger partial charge in [0.15, 0.2) is 5.58 Å². The number of oxazole rings is 1. The average Bonchev–Trinajstić information content (AvgIpc) is 3.01. The van der Waals surface area contributed by atoms with Crippen LogP contribution in [0.15, 0.2) is 67.4 Å². The predicted octanol–water partition coefficient (Wildman–Crippen LogP) is 5.52. The van der Waals surface area contributed by atoms with Crippen LogP contribution in [0.25, 0.3) is 22.1 Å². The van der Waals surface area contributed by atoms with Gasteiger partial charge >= 0.3 is 5.63 Å². The summed E-state index contributed by atoms with van der Waals surface area (Å²) in [6.45, 7) is 6.50. The van der Waals surface area contributed by atoms with Gasteiger partial charge in [-0.2, -0.15) is 0 Å². The van der Waals surface area contributed by atoms with E-state index in [0.717, 1.165) is 22.0 Å². The van der Waals surface area contributed by atoms with E-state index in [9.17, 15) is 4.79 Å². The number of aromatic nitrogens is 1. The van der Waals surface area contributed by atoms with Crippen molar-refractivity contribution in [1.82, 2.24) is 4.98 Å². The Balaban J connectivity index is 1.71. The minimum atomic E-state index is -0.339. The average molecular weight is 365 g/mol. The zero-order valence-electron chi connectivity index (χ0n) is 14.9. The summed E-state index contributed by atoms with van der Waals surface area (Å²) in [5, 5.41) is 1.56. The maximum Gasteiger partial charge on any atom is 0.336 e. The van der Waals surface area contributed by atoms with Crippen molar-refractivity contribution in [3.63, 3.8) is 0 Å². The van der Waals surface area contributed by atoms with Gasteiger partial charge in [-0.1, -0.05) is 50.7 Å². The Morgan fingerprint density at radius 3 is 2.58 bits per heavy atom. The van der Waals surface area contributed by atoms with E-state index in [1.165, 1.54) is 17.3 Å². The standard InChI is InChI=1S/C21H19NO3S/c1-21(2,3)14-8-9-17-15(11-14)13(10-19(23)24-17)12-26-20-22-16-6-4-5-7-18(16)25-20/h4-11H,12H2,1-3H3. The van der Waals surface area contributed by atoms with Gasteiger partial charge in [-0.05, 0) is 40.8 Å². The van der Waals surface area contributed by atoms with Crippen LogP contribution in [0.3, 0.4) is 0 Å². The van der Waals surface area contributed by atoms with E-state index in [-0.39, 0.29) is 11.0 Å². The molecule has 2 aromatic heterocycles. The summed E-state index contributed by atoms with van der Waals surface area (Å²) in [6.07, 6.45) is 0. The summed E-state index contributed by atoms with van der Waals surface area (Å²) in [7, 11) is 0. The van der Waals surface area contributed by atoms with Gasteiger partial charge in [-0.25, -0.2) is 9.78 Å². The molecule has 0 aliphatic heterocycles. The highest BCUT2D eigenvalue weighted by Gasteiger charge is 2.16. The Hall–Kier alpha value is -2.53. The van der Waals surface area contributed by atoms with Crippen LogP contribution < -0.4 is 5.63 Å². The van der Waals surface area contributed by atoms with Gasteiger partial charge in [0.2, 0.25) is 0 Å². The van der Waals surface area contributed by atoms with Crippen LogP contribution in [0.4, 0.5) is 0 Å². The van der Waals surface area contributed by atoms with Crippen LogP contribution in [0.5, 0.6) is 0 Å². The Kier molecular flexibility index (Phi) is 4.11. The van der Waals surface area contributed by atoms with Gasteiger partial charge in [0.1, 0.15) is 11.1 Å². The largest absolute Gasteiger partial charge is 0.431 e. The number of hydrogen-bond acceptors (Lipinski definition) is 5. The van der Waals surface area contributed by atoms with Crippen LogP contribution in [0.1, 0.15) is 31.9 Å². The fourth-order valence-corrected chi connectivity index (χ4v) is 3.70. The van der Waals surface area contributed by atoms with E-state index in [1.807, 2.05) is 36.4 Å². The number of rotatable bonds is 3. The van der Waals surface area contributed by atoms with Crippen LogP contribution in [0.2, 0.25) is 0 Å². The van der Waals surface area contributed by atoms with Crippen LogP contribution in [0, 0.1) is 0 Å². The fraction of sp³-hybridized carbons (Fsp3) is 0.238. The first-order valence-corrected chi connectivity index (χ1v) is 9.44. The Morgan fingerprint density at radius 2 is 1.81 bits per heavy atom. The third-order valence-electron chi connectivity index (χ3n) is 4.32. The molecule has 0 unspecified atom stereocenters. The van der Waals surface area contributed by atoms with E-state index in [4.69, 9.17) is 8.83 Å². The number of hydrogen-bond donors (Lipinski definition) is 0. The molecule has 0 amide bonds. The van der Waals surface area contributed by atoms with Gasteiger partial charge < -0.3 is 8.83 Å². The van der Waals surface area contributed by atoms with Crippen molar-refractivity contribution >= 4 is 33.8 Å². The van der Waals surface area contributed by atoms with E-state index in [1.54, 1.807) is 6.07 Å². The molecule has 0 saturated heterocycles. The van der Waals surface area contributed by atoms with Crippen LogP contribution >= 0.6 is 11.8 Å². The predicted molar refractivity (Wildman–Crippen MR) is 105 cm³/mol. The van der Waals surface area contributed by atoms with Gasteiger partial charge in [0, 0.05) is 17.2 Å². The Morgan fingerprint density at radius 1 is 1.00 bits per heavy atom. The quantitative estimate of drug-likeness (QED) is 0.353. The lowest BCUT2D eigenvalue weighted by molar-refractivity contribution is 0.489. The monoisotopic (exact) mass is 365 g/mol. The molecule has 0 spiro atoms. The number of benzene rings is 2. The van der Waals surface area contributed by atoms with Gasteiger partial charge in [-0.3, -0.25) is 0 Å². The van der Waals surface area contributed by atoms with Gasteiger partial charge in [-0.15, -0.1) is 0 Å². The third-order valence-corrected chi connectivity index (χ3v) is 5.20. The lowest BCUT2D eigenvalue weighted by Crippen LogP contribution is -2.11.